The molecule has 3 nitrogen and oxygen atoms in total. The van der Waals surface area contributed by atoms with E-state index in [2.05, 4.69) is 5.32 Å². The van der Waals surface area contributed by atoms with Crippen LogP contribution in [0.3, 0.4) is 0 Å². The lowest BCUT2D eigenvalue weighted by molar-refractivity contribution is 0.102. The van der Waals surface area contributed by atoms with Crippen molar-refractivity contribution in [3.63, 3.8) is 0 Å². The molecule has 7 heteroatoms. The van der Waals surface area contributed by atoms with Gasteiger partial charge in [-0.05, 0) is 24.3 Å². The van der Waals surface area contributed by atoms with Gasteiger partial charge in [0.15, 0.2) is 17.5 Å². The van der Waals surface area contributed by atoms with Crippen LogP contribution in [0.1, 0.15) is 10.4 Å². The first-order valence-corrected chi connectivity index (χ1v) is 5.72. The van der Waals surface area contributed by atoms with Gasteiger partial charge in [0.25, 0.3) is 5.91 Å². The Kier molecular flexibility index (Phi) is 4.11. The maximum absolute atomic E-state index is 13.5. The van der Waals surface area contributed by atoms with E-state index in [1.54, 1.807) is 0 Å². The summed E-state index contributed by atoms with van der Waals surface area (Å²) in [5.74, 6) is -6.37. The largest absolute Gasteiger partial charge is 0.495 e. The number of methoxy groups -OCH3 is 1. The Labute approximate surface area is 117 Å². The molecule has 0 radical (unpaired) electrons. The first kappa shape index (κ1) is 14.8. The van der Waals surface area contributed by atoms with E-state index in [0.29, 0.717) is 6.07 Å². The molecule has 0 fully saturated rings. The van der Waals surface area contributed by atoms with Crippen LogP contribution in [-0.4, -0.2) is 13.0 Å². The lowest BCUT2D eigenvalue weighted by Gasteiger charge is -2.11. The molecule has 2 rings (SSSR count). The third-order valence-electron chi connectivity index (χ3n) is 2.69. The fourth-order valence-corrected chi connectivity index (χ4v) is 1.67. The van der Waals surface area contributed by atoms with E-state index >= 15 is 0 Å². The molecule has 1 amide bonds. The summed E-state index contributed by atoms with van der Waals surface area (Å²) in [5, 5.41) is 2.17. The van der Waals surface area contributed by atoms with E-state index in [-0.39, 0.29) is 11.4 Å². The number of halogens is 4. The molecule has 0 aliphatic heterocycles. The minimum Gasteiger partial charge on any atom is -0.495 e. The number of carbonyl (C=O) groups is 1. The number of rotatable bonds is 3. The smallest absolute Gasteiger partial charge is 0.258 e. The first-order valence-electron chi connectivity index (χ1n) is 5.72. The molecule has 1 N–H and O–H groups in total. The van der Waals surface area contributed by atoms with Gasteiger partial charge in [-0.3, -0.25) is 4.79 Å². The van der Waals surface area contributed by atoms with E-state index in [0.717, 1.165) is 18.2 Å². The summed E-state index contributed by atoms with van der Waals surface area (Å²) in [6.07, 6.45) is 0. The molecule has 0 bridgehead atoms. The lowest BCUT2D eigenvalue weighted by atomic mass is 10.1. The molecule has 2 aromatic rings. The molecule has 0 aromatic heterocycles. The summed E-state index contributed by atoms with van der Waals surface area (Å²) < 4.78 is 57.4. The third kappa shape index (κ3) is 2.96. The van der Waals surface area contributed by atoms with E-state index in [4.69, 9.17) is 4.74 Å². The highest BCUT2D eigenvalue weighted by atomic mass is 19.2. The van der Waals surface area contributed by atoms with Gasteiger partial charge >= 0.3 is 0 Å². The molecule has 0 saturated carbocycles. The van der Waals surface area contributed by atoms with E-state index in [1.807, 2.05) is 0 Å². The molecule has 0 aliphatic rings. The van der Waals surface area contributed by atoms with Gasteiger partial charge in [0.05, 0.1) is 18.4 Å². The zero-order valence-corrected chi connectivity index (χ0v) is 10.7. The molecular weight excluding hydrogens is 290 g/mol. The van der Waals surface area contributed by atoms with Crippen LogP contribution < -0.4 is 10.1 Å². The van der Waals surface area contributed by atoms with Crippen molar-refractivity contribution in [1.82, 2.24) is 0 Å². The van der Waals surface area contributed by atoms with Crippen molar-refractivity contribution in [3.8, 4) is 5.75 Å². The van der Waals surface area contributed by atoms with Crippen LogP contribution in [0.2, 0.25) is 0 Å². The summed E-state index contributed by atoms with van der Waals surface area (Å²) in [6.45, 7) is 0. The van der Waals surface area contributed by atoms with Crippen molar-refractivity contribution in [3.05, 3.63) is 59.2 Å². The van der Waals surface area contributed by atoms with E-state index in [9.17, 15) is 22.4 Å². The van der Waals surface area contributed by atoms with Gasteiger partial charge in [-0.25, -0.2) is 17.6 Å². The quantitative estimate of drug-likeness (QED) is 0.696. The Morgan fingerprint density at radius 1 is 1.05 bits per heavy atom. The van der Waals surface area contributed by atoms with Crippen LogP contribution >= 0.6 is 0 Å². The van der Waals surface area contributed by atoms with Gasteiger partial charge in [0.1, 0.15) is 11.6 Å². The van der Waals surface area contributed by atoms with Crippen LogP contribution in [0.15, 0.2) is 30.3 Å². The summed E-state index contributed by atoms with van der Waals surface area (Å²) in [7, 11) is 1.29. The standard InChI is InChI=1S/C14H9F4NO2/c1-21-11-5-2-7(15)6-10(11)19-14(20)8-3-4-9(16)13(18)12(8)17/h2-6H,1H3,(H,19,20). The number of amides is 1. The Morgan fingerprint density at radius 2 is 1.76 bits per heavy atom. The highest BCUT2D eigenvalue weighted by molar-refractivity contribution is 6.05. The third-order valence-corrected chi connectivity index (χ3v) is 2.69. The van der Waals surface area contributed by atoms with E-state index in [1.165, 1.54) is 13.2 Å². The topological polar surface area (TPSA) is 38.3 Å². The van der Waals surface area contributed by atoms with Crippen LogP contribution in [0.25, 0.3) is 0 Å². The molecule has 0 spiro atoms. The number of hydrogen-bond acceptors (Lipinski definition) is 2. The second-order valence-electron chi connectivity index (χ2n) is 4.02. The number of benzene rings is 2. The average molecular weight is 299 g/mol. The minimum atomic E-state index is -1.76. The SMILES string of the molecule is COc1ccc(F)cc1NC(=O)c1ccc(F)c(F)c1F. The zero-order valence-electron chi connectivity index (χ0n) is 10.7. The maximum atomic E-state index is 13.5. The number of carbonyl (C=O) groups excluding carboxylic acids is 1. The van der Waals surface area contributed by atoms with Crippen molar-refractivity contribution >= 4 is 11.6 Å². The molecule has 21 heavy (non-hydrogen) atoms. The van der Waals surface area contributed by atoms with Gasteiger partial charge in [-0.2, -0.15) is 0 Å². The highest BCUT2D eigenvalue weighted by Crippen LogP contribution is 2.26. The molecule has 0 aliphatic carbocycles. The van der Waals surface area contributed by atoms with Crippen LogP contribution in [0, 0.1) is 23.3 Å². The van der Waals surface area contributed by atoms with Crippen LogP contribution in [0.5, 0.6) is 5.75 Å². The van der Waals surface area contributed by atoms with Crippen molar-refractivity contribution in [1.29, 1.82) is 0 Å². The Morgan fingerprint density at radius 3 is 2.43 bits per heavy atom. The number of anilines is 1. The molecular formula is C14H9F4NO2. The minimum absolute atomic E-state index is 0.0633. The Bertz CT molecular complexity index is 704. The predicted molar refractivity (Wildman–Crippen MR) is 67.2 cm³/mol. The Hall–Kier alpha value is -2.57. The van der Waals surface area contributed by atoms with Gasteiger partial charge in [0, 0.05) is 6.07 Å². The van der Waals surface area contributed by atoms with E-state index < -0.39 is 34.7 Å². The van der Waals surface area contributed by atoms with Crippen molar-refractivity contribution < 1.29 is 27.1 Å². The highest BCUT2D eigenvalue weighted by Gasteiger charge is 2.20. The maximum Gasteiger partial charge on any atom is 0.258 e. The second-order valence-corrected chi connectivity index (χ2v) is 4.02. The van der Waals surface area contributed by atoms with Gasteiger partial charge < -0.3 is 10.1 Å². The van der Waals surface area contributed by atoms with Gasteiger partial charge in [-0.1, -0.05) is 0 Å². The lowest BCUT2D eigenvalue weighted by Crippen LogP contribution is -2.16. The first-order chi connectivity index (χ1) is 9.93. The monoisotopic (exact) mass is 299 g/mol. The van der Waals surface area contributed by atoms with Crippen LogP contribution in [0.4, 0.5) is 23.2 Å². The second kappa shape index (κ2) is 5.82. The van der Waals surface area contributed by atoms with Crippen LogP contribution in [-0.2, 0) is 0 Å². The fourth-order valence-electron chi connectivity index (χ4n) is 1.67. The number of ether oxygens (including phenoxy) is 1. The summed E-state index contributed by atoms with van der Waals surface area (Å²) in [5.41, 5.74) is -0.771. The summed E-state index contributed by atoms with van der Waals surface area (Å²) in [6, 6.07) is 4.72. The number of hydrogen-bond donors (Lipinski definition) is 1. The van der Waals surface area contributed by atoms with Gasteiger partial charge in [0.2, 0.25) is 0 Å². The number of nitrogens with one attached hydrogen (secondary N) is 1. The predicted octanol–water partition coefficient (Wildman–Crippen LogP) is 3.50. The van der Waals surface area contributed by atoms with Crippen molar-refractivity contribution in [2.45, 2.75) is 0 Å². The van der Waals surface area contributed by atoms with Crippen molar-refractivity contribution in [2.75, 3.05) is 12.4 Å². The zero-order chi connectivity index (χ0) is 15.6. The molecule has 0 heterocycles. The summed E-state index contributed by atoms with van der Waals surface area (Å²) in [4.78, 5) is 11.9. The molecule has 110 valence electrons. The molecule has 0 atom stereocenters. The summed E-state index contributed by atoms with van der Waals surface area (Å²) >= 11 is 0. The Balaban J connectivity index is 2.35. The van der Waals surface area contributed by atoms with Crippen molar-refractivity contribution in [2.24, 2.45) is 0 Å². The van der Waals surface area contributed by atoms with Gasteiger partial charge in [-0.15, -0.1) is 0 Å². The molecule has 0 saturated heterocycles. The average Bonchev–Trinajstić information content (AvgIpc) is 2.45. The molecule has 0 unspecified atom stereocenters. The fraction of sp³-hybridized carbons (Fsp3) is 0.0714. The molecule has 2 aromatic carbocycles. The normalized spacial score (nSPS) is 10.3.